The fourth-order valence-electron chi connectivity index (χ4n) is 3.39. The van der Waals surface area contributed by atoms with Crippen molar-refractivity contribution in [2.45, 2.75) is 51.5 Å². The molecule has 1 aromatic carbocycles. The number of rotatable bonds is 9. The molecule has 0 unspecified atom stereocenters. The Bertz CT molecular complexity index is 900. The lowest BCUT2D eigenvalue weighted by Gasteiger charge is -2.36. The fraction of sp³-hybridized carbons (Fsp3) is 0.375. The number of hydrogen-bond acceptors (Lipinski definition) is 5. The number of carbonyl (C=O) groups is 1. The van der Waals surface area contributed by atoms with Crippen LogP contribution in [0, 0.1) is 11.3 Å². The van der Waals surface area contributed by atoms with Crippen LogP contribution in [-0.2, 0) is 4.79 Å². The van der Waals surface area contributed by atoms with E-state index in [1.165, 1.54) is 18.5 Å². The summed E-state index contributed by atoms with van der Waals surface area (Å²) in [4.78, 5) is 16.9. The molecule has 0 spiro atoms. The molecule has 30 heavy (non-hydrogen) atoms. The maximum Gasteiger partial charge on any atom is 0.254 e. The molecule has 1 amide bonds. The molecule has 6 heteroatoms. The maximum atomic E-state index is 12.5. The van der Waals surface area contributed by atoms with Crippen molar-refractivity contribution >= 4 is 12.1 Å². The van der Waals surface area contributed by atoms with E-state index < -0.39 is 0 Å². The Balaban J connectivity index is 1.90. The van der Waals surface area contributed by atoms with E-state index in [0.29, 0.717) is 30.5 Å². The van der Waals surface area contributed by atoms with E-state index in [9.17, 15) is 15.2 Å². The minimum atomic E-state index is -0.258. The van der Waals surface area contributed by atoms with Crippen LogP contribution in [0.15, 0.2) is 58.8 Å². The molecule has 4 N–H and O–H groups in total. The van der Waals surface area contributed by atoms with Crippen LogP contribution in [0.3, 0.4) is 0 Å². The van der Waals surface area contributed by atoms with Crippen molar-refractivity contribution in [3.63, 3.8) is 0 Å². The summed E-state index contributed by atoms with van der Waals surface area (Å²) in [6.45, 7) is 4.65. The number of nitriles is 1. The summed E-state index contributed by atoms with van der Waals surface area (Å²) >= 11 is 0. The van der Waals surface area contributed by atoms with Gasteiger partial charge in [0.25, 0.3) is 5.91 Å². The highest BCUT2D eigenvalue weighted by molar-refractivity contribution is 6.12. The molecule has 2 rings (SSSR count). The van der Waals surface area contributed by atoms with E-state index in [4.69, 9.17) is 5.73 Å². The van der Waals surface area contributed by atoms with Crippen LogP contribution in [0.5, 0.6) is 5.75 Å². The quantitative estimate of drug-likeness (QED) is 0.328. The number of nitrogens with zero attached hydrogens (tertiary/aromatic N) is 2. The summed E-state index contributed by atoms with van der Waals surface area (Å²) < 4.78 is 0. The van der Waals surface area contributed by atoms with Crippen molar-refractivity contribution < 1.29 is 9.90 Å². The first-order valence-corrected chi connectivity index (χ1v) is 10.3. The smallest absolute Gasteiger partial charge is 0.254 e. The van der Waals surface area contributed by atoms with Crippen molar-refractivity contribution in [3.8, 4) is 11.8 Å². The van der Waals surface area contributed by atoms with Gasteiger partial charge in [-0.15, -0.1) is 0 Å². The zero-order valence-electron chi connectivity index (χ0n) is 17.6. The predicted molar refractivity (Wildman–Crippen MR) is 120 cm³/mol. The number of allylic oxidation sites excluding steroid dienone is 2. The lowest BCUT2D eigenvalue weighted by molar-refractivity contribution is -0.118. The van der Waals surface area contributed by atoms with Gasteiger partial charge in [-0.05, 0) is 60.9 Å². The molecular weight excluding hydrogens is 376 g/mol. The number of aromatic hydroxyl groups is 1. The van der Waals surface area contributed by atoms with Crippen LogP contribution in [-0.4, -0.2) is 29.8 Å². The highest BCUT2D eigenvalue weighted by Gasteiger charge is 2.33. The first-order chi connectivity index (χ1) is 14.5. The molecule has 1 aliphatic rings. The van der Waals surface area contributed by atoms with Crippen LogP contribution >= 0.6 is 0 Å². The highest BCUT2D eigenvalue weighted by atomic mass is 16.3. The Morgan fingerprint density at radius 3 is 2.77 bits per heavy atom. The molecule has 0 saturated heterocycles. The van der Waals surface area contributed by atoms with E-state index in [0.717, 1.165) is 24.0 Å². The van der Waals surface area contributed by atoms with Gasteiger partial charge in [0.2, 0.25) is 0 Å². The average Bonchev–Trinajstić information content (AvgIpc) is 2.71. The van der Waals surface area contributed by atoms with Gasteiger partial charge in [0, 0.05) is 18.5 Å². The molecule has 158 valence electrons. The Labute approximate surface area is 178 Å². The van der Waals surface area contributed by atoms with Crippen molar-refractivity contribution in [2.24, 2.45) is 10.7 Å². The molecule has 1 aromatic rings. The third-order valence-corrected chi connectivity index (χ3v) is 5.05. The number of aliphatic imine (C=N–C) groups is 1. The molecule has 0 aromatic heterocycles. The van der Waals surface area contributed by atoms with Gasteiger partial charge in [-0.2, -0.15) is 5.26 Å². The number of nitrogens with one attached hydrogen (secondary N) is 1. The molecule has 1 saturated carbocycles. The second-order valence-electron chi connectivity index (χ2n) is 7.31. The lowest BCUT2D eigenvalue weighted by Crippen LogP contribution is -2.44. The summed E-state index contributed by atoms with van der Waals surface area (Å²) in [5.74, 6) is 0.0284. The van der Waals surface area contributed by atoms with Crippen LogP contribution in [0.25, 0.3) is 0 Å². The normalized spacial score (nSPS) is 19.6. The third kappa shape index (κ3) is 6.35. The largest absolute Gasteiger partial charge is 0.508 e. The summed E-state index contributed by atoms with van der Waals surface area (Å²) in [5.41, 5.74) is 8.45. The average molecular weight is 407 g/mol. The standard InChI is InChI=1S/C24H30N4O2/c1-3-5-7-17(6-4-2)15-27-16-20(14-26)24(30)28-21-10-19(11-21)23-12-22(29)9-8-18(23)13-25/h5-9,12,14,16,19,21,29H,3-4,10-11,15,26H2,1-2H3,(H,28,30)/b7-5+,17-6+,20-14+,27-16?. The predicted octanol–water partition coefficient (Wildman–Crippen LogP) is 3.84. The van der Waals surface area contributed by atoms with Gasteiger partial charge in [-0.25, -0.2) is 0 Å². The van der Waals surface area contributed by atoms with Crippen molar-refractivity contribution in [2.75, 3.05) is 6.54 Å². The molecule has 1 aliphatic carbocycles. The van der Waals surface area contributed by atoms with Gasteiger partial charge in [0.1, 0.15) is 5.75 Å². The number of phenols is 1. The Morgan fingerprint density at radius 2 is 2.13 bits per heavy atom. The van der Waals surface area contributed by atoms with Crippen LogP contribution < -0.4 is 11.1 Å². The Morgan fingerprint density at radius 1 is 1.37 bits per heavy atom. The highest BCUT2D eigenvalue weighted by Crippen LogP contribution is 2.39. The molecule has 0 radical (unpaired) electrons. The lowest BCUT2D eigenvalue weighted by atomic mass is 9.74. The number of carbonyl (C=O) groups excluding carboxylic acids is 1. The monoisotopic (exact) mass is 406 g/mol. The van der Waals surface area contributed by atoms with Gasteiger partial charge < -0.3 is 16.2 Å². The minimum Gasteiger partial charge on any atom is -0.508 e. The first-order valence-electron chi connectivity index (χ1n) is 10.3. The Kier molecular flexibility index (Phi) is 8.89. The van der Waals surface area contributed by atoms with Gasteiger partial charge in [0.05, 0.1) is 23.8 Å². The van der Waals surface area contributed by atoms with E-state index >= 15 is 0 Å². The van der Waals surface area contributed by atoms with Crippen molar-refractivity contribution in [3.05, 3.63) is 64.9 Å². The van der Waals surface area contributed by atoms with Gasteiger partial charge in [0.15, 0.2) is 0 Å². The molecule has 0 bridgehead atoms. The summed E-state index contributed by atoms with van der Waals surface area (Å²) in [5, 5.41) is 21.9. The van der Waals surface area contributed by atoms with Crippen LogP contribution in [0.4, 0.5) is 0 Å². The van der Waals surface area contributed by atoms with E-state index in [2.05, 4.69) is 48.5 Å². The number of nitrogens with two attached hydrogens (primary N) is 1. The molecular formula is C24H30N4O2. The first kappa shape index (κ1) is 23.0. The van der Waals surface area contributed by atoms with Crippen molar-refractivity contribution in [1.29, 1.82) is 5.26 Å². The maximum absolute atomic E-state index is 12.5. The second-order valence-corrected chi connectivity index (χ2v) is 7.31. The molecule has 1 fully saturated rings. The molecule has 6 nitrogen and oxygen atoms in total. The van der Waals surface area contributed by atoms with Crippen LogP contribution in [0.2, 0.25) is 0 Å². The van der Waals surface area contributed by atoms with Gasteiger partial charge in [-0.3, -0.25) is 9.79 Å². The Hall–Kier alpha value is -3.33. The van der Waals surface area contributed by atoms with E-state index in [-0.39, 0.29) is 23.6 Å². The summed E-state index contributed by atoms with van der Waals surface area (Å²) in [6.07, 6.45) is 12.3. The van der Waals surface area contributed by atoms with E-state index in [1.807, 2.05) is 0 Å². The third-order valence-electron chi connectivity index (χ3n) is 5.05. The molecule has 0 heterocycles. The van der Waals surface area contributed by atoms with E-state index in [1.54, 1.807) is 12.1 Å². The SMILES string of the molecule is CC/C=C/C(=C\CC)CN=C/C(=C\N)C(=O)NC1CC(c2cc(O)ccc2C#N)C1. The van der Waals surface area contributed by atoms with Gasteiger partial charge in [-0.1, -0.05) is 32.1 Å². The number of amides is 1. The minimum absolute atomic E-state index is 0.00257. The fourth-order valence-corrected chi connectivity index (χ4v) is 3.39. The number of hydrogen-bond donors (Lipinski definition) is 3. The number of phenolic OH excluding ortho intramolecular Hbond substituents is 1. The zero-order valence-corrected chi connectivity index (χ0v) is 17.6. The zero-order chi connectivity index (χ0) is 21.9. The molecule has 0 atom stereocenters. The van der Waals surface area contributed by atoms with Crippen LogP contribution in [0.1, 0.15) is 56.6 Å². The summed E-state index contributed by atoms with van der Waals surface area (Å²) in [6, 6.07) is 6.93. The summed E-state index contributed by atoms with van der Waals surface area (Å²) in [7, 11) is 0. The van der Waals surface area contributed by atoms with Gasteiger partial charge >= 0.3 is 0 Å². The second kappa shape index (κ2) is 11.6. The van der Waals surface area contributed by atoms with Crippen molar-refractivity contribution in [1.82, 2.24) is 5.32 Å². The number of benzene rings is 1. The topological polar surface area (TPSA) is 112 Å². The molecule has 0 aliphatic heterocycles.